The van der Waals surface area contributed by atoms with E-state index in [9.17, 15) is 9.59 Å². The van der Waals surface area contributed by atoms with Crippen molar-refractivity contribution in [3.63, 3.8) is 0 Å². The molecule has 0 aromatic heterocycles. The van der Waals surface area contributed by atoms with Crippen molar-refractivity contribution in [2.24, 2.45) is 5.92 Å². The molecule has 2 fully saturated rings. The average Bonchev–Trinajstić information content (AvgIpc) is 2.42. The van der Waals surface area contributed by atoms with Crippen LogP contribution >= 0.6 is 15.9 Å². The maximum atomic E-state index is 12.4. The van der Waals surface area contributed by atoms with Gasteiger partial charge in [0.15, 0.2) is 0 Å². The highest BCUT2D eigenvalue weighted by Gasteiger charge is 2.39. The molecule has 2 atom stereocenters. The summed E-state index contributed by atoms with van der Waals surface area (Å²) in [5, 5.41) is 0.997. The van der Waals surface area contributed by atoms with Gasteiger partial charge in [-0.05, 0) is 38.0 Å². The van der Waals surface area contributed by atoms with Gasteiger partial charge in [-0.25, -0.2) is 0 Å². The molecule has 0 N–H and O–H groups in total. The van der Waals surface area contributed by atoms with E-state index in [1.165, 1.54) is 0 Å². The summed E-state index contributed by atoms with van der Waals surface area (Å²) in [4.78, 5) is 28.1. The summed E-state index contributed by atoms with van der Waals surface area (Å²) in [7, 11) is 0. The second-order valence-electron chi connectivity index (χ2n) is 5.73. The molecule has 2 saturated heterocycles. The van der Waals surface area contributed by atoms with Crippen LogP contribution in [0.2, 0.25) is 0 Å². The van der Waals surface area contributed by atoms with Gasteiger partial charge in [0.25, 0.3) is 0 Å². The smallest absolute Gasteiger partial charge is 0.245 e. The molecule has 0 spiro atoms. The lowest BCUT2D eigenvalue weighted by Gasteiger charge is -2.43. The summed E-state index contributed by atoms with van der Waals surface area (Å²) in [6.45, 7) is 3.98. The maximum Gasteiger partial charge on any atom is 0.245 e. The molecule has 5 heteroatoms. The Bertz CT molecular complexity index is 348. The van der Waals surface area contributed by atoms with Crippen LogP contribution in [0.25, 0.3) is 0 Å². The number of carbonyl (C=O) groups excluding carboxylic acids is 2. The summed E-state index contributed by atoms with van der Waals surface area (Å²) >= 11 is 3.44. The fourth-order valence-corrected chi connectivity index (χ4v) is 3.71. The van der Waals surface area contributed by atoms with Gasteiger partial charge in [0, 0.05) is 18.4 Å². The number of hydrogen-bond donors (Lipinski definition) is 0. The lowest BCUT2D eigenvalue weighted by atomic mass is 9.97. The summed E-state index contributed by atoms with van der Waals surface area (Å²) < 4.78 is 0. The predicted molar refractivity (Wildman–Crippen MR) is 78.1 cm³/mol. The first kappa shape index (κ1) is 14.8. The van der Waals surface area contributed by atoms with Crippen molar-refractivity contribution in [3.8, 4) is 0 Å². The first-order valence-corrected chi connectivity index (χ1v) is 8.40. The van der Waals surface area contributed by atoms with Crippen LogP contribution < -0.4 is 0 Å². The Hall–Kier alpha value is -0.580. The molecule has 4 nitrogen and oxygen atoms in total. The minimum atomic E-state index is -0.165. The Balaban J connectivity index is 1.91. The molecule has 19 heavy (non-hydrogen) atoms. The minimum absolute atomic E-state index is 0.137. The number of halogens is 1. The zero-order valence-corrected chi connectivity index (χ0v) is 13.2. The van der Waals surface area contributed by atoms with Crippen LogP contribution in [-0.4, -0.2) is 52.6 Å². The summed E-state index contributed by atoms with van der Waals surface area (Å²) in [5.74, 6) is 0.898. The molecule has 0 aliphatic carbocycles. The van der Waals surface area contributed by atoms with Crippen molar-refractivity contribution >= 4 is 27.7 Å². The number of fused-ring (bicyclic) bond motifs is 1. The standard InChI is InChI=1S/C14H23BrN2O2/c1-11(5-7-15)6-9-16-10-13(18)17-8-3-2-4-12(17)14(16)19/h11-12H,2-10H2,1H3. The summed E-state index contributed by atoms with van der Waals surface area (Å²) in [5.41, 5.74) is 0. The number of rotatable bonds is 5. The topological polar surface area (TPSA) is 40.6 Å². The third-order valence-corrected chi connectivity index (χ3v) is 4.70. The Morgan fingerprint density at radius 2 is 2.11 bits per heavy atom. The highest BCUT2D eigenvalue weighted by atomic mass is 79.9. The zero-order chi connectivity index (χ0) is 13.8. The largest absolute Gasteiger partial charge is 0.332 e. The van der Waals surface area contributed by atoms with Crippen molar-refractivity contribution < 1.29 is 9.59 Å². The normalized spacial score (nSPS) is 25.5. The van der Waals surface area contributed by atoms with Crippen molar-refractivity contribution in [2.45, 2.75) is 45.1 Å². The maximum absolute atomic E-state index is 12.4. The lowest BCUT2D eigenvalue weighted by Crippen LogP contribution is -2.61. The van der Waals surface area contributed by atoms with Gasteiger partial charge in [-0.15, -0.1) is 0 Å². The molecule has 2 unspecified atom stereocenters. The van der Waals surface area contributed by atoms with Crippen LogP contribution in [0.1, 0.15) is 39.0 Å². The minimum Gasteiger partial charge on any atom is -0.332 e. The Labute approximate surface area is 123 Å². The van der Waals surface area contributed by atoms with Crippen molar-refractivity contribution in [1.82, 2.24) is 9.80 Å². The zero-order valence-electron chi connectivity index (χ0n) is 11.6. The van der Waals surface area contributed by atoms with Crippen molar-refractivity contribution in [2.75, 3.05) is 25.0 Å². The molecular formula is C14H23BrN2O2. The average molecular weight is 331 g/mol. The molecule has 2 heterocycles. The molecule has 2 rings (SSSR count). The van der Waals surface area contributed by atoms with E-state index in [1.807, 2.05) is 0 Å². The van der Waals surface area contributed by atoms with Gasteiger partial charge in [-0.3, -0.25) is 9.59 Å². The Kier molecular flexibility index (Phi) is 5.25. The molecule has 0 aromatic carbocycles. The van der Waals surface area contributed by atoms with E-state index in [4.69, 9.17) is 0 Å². The van der Waals surface area contributed by atoms with Crippen molar-refractivity contribution in [1.29, 1.82) is 0 Å². The van der Waals surface area contributed by atoms with Gasteiger partial charge in [0.05, 0.1) is 6.54 Å². The first-order chi connectivity index (χ1) is 9.13. The molecule has 2 aliphatic heterocycles. The van der Waals surface area contributed by atoms with Crippen LogP contribution in [0.3, 0.4) is 0 Å². The number of carbonyl (C=O) groups is 2. The van der Waals surface area contributed by atoms with Gasteiger partial charge in [-0.1, -0.05) is 22.9 Å². The first-order valence-electron chi connectivity index (χ1n) is 7.27. The van der Waals surface area contributed by atoms with Gasteiger partial charge in [-0.2, -0.15) is 0 Å². The Morgan fingerprint density at radius 3 is 2.84 bits per heavy atom. The van der Waals surface area contributed by atoms with Gasteiger partial charge in [0.1, 0.15) is 6.04 Å². The van der Waals surface area contributed by atoms with Gasteiger partial charge < -0.3 is 9.80 Å². The quantitative estimate of drug-likeness (QED) is 0.723. The van der Waals surface area contributed by atoms with E-state index in [1.54, 1.807) is 9.80 Å². The van der Waals surface area contributed by atoms with Crippen molar-refractivity contribution in [3.05, 3.63) is 0 Å². The van der Waals surface area contributed by atoms with E-state index < -0.39 is 0 Å². The highest BCUT2D eigenvalue weighted by Crippen LogP contribution is 2.23. The second-order valence-corrected chi connectivity index (χ2v) is 6.52. The van der Waals surface area contributed by atoms with Crippen LogP contribution in [0.4, 0.5) is 0 Å². The number of alkyl halides is 1. The number of piperazine rings is 1. The monoisotopic (exact) mass is 330 g/mol. The summed E-state index contributed by atoms with van der Waals surface area (Å²) in [6, 6.07) is -0.165. The van der Waals surface area contributed by atoms with Crippen LogP contribution in [0.15, 0.2) is 0 Å². The van der Waals surface area contributed by atoms with Crippen LogP contribution in [-0.2, 0) is 9.59 Å². The van der Waals surface area contributed by atoms with Gasteiger partial charge >= 0.3 is 0 Å². The van der Waals surface area contributed by atoms with E-state index in [0.29, 0.717) is 5.92 Å². The third-order valence-electron chi connectivity index (χ3n) is 4.24. The number of nitrogens with zero attached hydrogens (tertiary/aromatic N) is 2. The van der Waals surface area contributed by atoms with Crippen LogP contribution in [0, 0.1) is 5.92 Å². The molecule has 2 aliphatic rings. The predicted octanol–water partition coefficient (Wildman–Crippen LogP) is 2.02. The molecule has 2 amide bonds. The fourth-order valence-electron chi connectivity index (χ4n) is 2.93. The van der Waals surface area contributed by atoms with Gasteiger partial charge in [0.2, 0.25) is 11.8 Å². The SMILES string of the molecule is CC(CCBr)CCN1CC(=O)N2CCCCC2C1=O. The lowest BCUT2D eigenvalue weighted by molar-refractivity contribution is -0.157. The number of amides is 2. The molecule has 108 valence electrons. The number of hydrogen-bond acceptors (Lipinski definition) is 2. The van der Waals surface area contributed by atoms with Crippen LogP contribution in [0.5, 0.6) is 0 Å². The Morgan fingerprint density at radius 1 is 1.32 bits per heavy atom. The molecule has 0 radical (unpaired) electrons. The third kappa shape index (κ3) is 3.50. The molecular weight excluding hydrogens is 308 g/mol. The molecule has 0 aromatic rings. The van der Waals surface area contributed by atoms with E-state index in [2.05, 4.69) is 22.9 Å². The molecule has 0 saturated carbocycles. The van der Waals surface area contributed by atoms with E-state index >= 15 is 0 Å². The fraction of sp³-hybridized carbons (Fsp3) is 0.857. The van der Waals surface area contributed by atoms with E-state index in [0.717, 1.165) is 50.5 Å². The molecule has 0 bridgehead atoms. The number of piperidine rings is 1. The second kappa shape index (κ2) is 6.73. The van der Waals surface area contributed by atoms with E-state index in [-0.39, 0.29) is 24.4 Å². The summed E-state index contributed by atoms with van der Waals surface area (Å²) in [6.07, 6.45) is 5.05. The highest BCUT2D eigenvalue weighted by molar-refractivity contribution is 9.09.